The van der Waals surface area contributed by atoms with Crippen molar-refractivity contribution < 1.29 is 28.6 Å². The highest BCUT2D eigenvalue weighted by Gasteiger charge is 2.19. The van der Waals surface area contributed by atoms with Crippen LogP contribution in [-0.4, -0.2) is 37.2 Å². The van der Waals surface area contributed by atoms with E-state index in [-0.39, 0.29) is 37.5 Å². The summed E-state index contributed by atoms with van der Waals surface area (Å²) in [6.45, 7) is 6.47. The van der Waals surface area contributed by atoms with Gasteiger partial charge in [0.1, 0.15) is 13.2 Å². The van der Waals surface area contributed by atoms with Gasteiger partial charge in [-0.15, -0.1) is 0 Å². The Morgan fingerprint density at radius 3 is 0.943 bits per heavy atom. The Hall–Kier alpha value is -3.41. The highest BCUT2D eigenvalue weighted by molar-refractivity contribution is 5.71. The summed E-state index contributed by atoms with van der Waals surface area (Å²) in [6, 6.07) is 0. The van der Waals surface area contributed by atoms with E-state index in [9.17, 15) is 14.4 Å². The van der Waals surface area contributed by atoms with Crippen LogP contribution in [0.2, 0.25) is 0 Å². The zero-order chi connectivity index (χ0) is 50.7. The maximum atomic E-state index is 12.8. The second kappa shape index (κ2) is 58.2. The molecule has 0 aromatic carbocycles. The second-order valence-electron chi connectivity index (χ2n) is 19.5. The molecule has 0 saturated carbocycles. The Morgan fingerprint density at radius 1 is 0.300 bits per heavy atom. The molecule has 0 aliphatic carbocycles. The Labute approximate surface area is 433 Å². The third-order valence-electron chi connectivity index (χ3n) is 12.6. The van der Waals surface area contributed by atoms with Gasteiger partial charge in [-0.1, -0.05) is 260 Å². The molecule has 6 heteroatoms. The van der Waals surface area contributed by atoms with Crippen molar-refractivity contribution in [3.8, 4) is 0 Å². The number of rotatable bonds is 53. The first kappa shape index (κ1) is 66.6. The lowest BCUT2D eigenvalue weighted by Crippen LogP contribution is -2.30. The normalized spacial score (nSPS) is 12.7. The summed E-state index contributed by atoms with van der Waals surface area (Å²) in [5.41, 5.74) is 0. The largest absolute Gasteiger partial charge is 0.462 e. The van der Waals surface area contributed by atoms with Crippen LogP contribution >= 0.6 is 0 Å². The van der Waals surface area contributed by atoms with Crippen molar-refractivity contribution in [3.05, 3.63) is 85.1 Å². The number of unbranched alkanes of at least 4 members (excludes halogenated alkanes) is 28. The average molecular weight is 976 g/mol. The first-order valence-electron chi connectivity index (χ1n) is 29.6. The van der Waals surface area contributed by atoms with Crippen LogP contribution in [0.15, 0.2) is 85.1 Å². The molecule has 0 rings (SSSR count). The number of esters is 3. The summed E-state index contributed by atoms with van der Waals surface area (Å²) in [5, 5.41) is 0. The minimum absolute atomic E-state index is 0.101. The van der Waals surface area contributed by atoms with Gasteiger partial charge in [-0.25, -0.2) is 0 Å². The molecule has 0 amide bonds. The van der Waals surface area contributed by atoms with Crippen molar-refractivity contribution in [3.63, 3.8) is 0 Å². The van der Waals surface area contributed by atoms with Gasteiger partial charge in [0.05, 0.1) is 0 Å². The van der Waals surface area contributed by atoms with E-state index in [1.807, 2.05) is 0 Å². The molecule has 0 spiro atoms. The molecule has 1 unspecified atom stereocenters. The fourth-order valence-electron chi connectivity index (χ4n) is 8.22. The van der Waals surface area contributed by atoms with E-state index in [1.165, 1.54) is 141 Å². The van der Waals surface area contributed by atoms with Gasteiger partial charge < -0.3 is 14.2 Å². The van der Waals surface area contributed by atoms with Crippen LogP contribution in [0.5, 0.6) is 0 Å². The summed E-state index contributed by atoms with van der Waals surface area (Å²) in [6.07, 6.45) is 75.8. The van der Waals surface area contributed by atoms with E-state index in [1.54, 1.807) is 0 Å². The molecule has 6 nitrogen and oxygen atoms in total. The topological polar surface area (TPSA) is 78.9 Å². The van der Waals surface area contributed by atoms with Crippen molar-refractivity contribution >= 4 is 17.9 Å². The van der Waals surface area contributed by atoms with Crippen LogP contribution in [0, 0.1) is 0 Å². The first-order valence-corrected chi connectivity index (χ1v) is 29.6. The number of ether oxygens (including phenoxy) is 3. The zero-order valence-electron chi connectivity index (χ0n) is 46.0. The third-order valence-corrected chi connectivity index (χ3v) is 12.6. The molecular weight excluding hydrogens is 865 g/mol. The molecule has 0 bridgehead atoms. The van der Waals surface area contributed by atoms with E-state index in [2.05, 4.69) is 106 Å². The predicted molar refractivity (Wildman–Crippen MR) is 302 cm³/mol. The molecule has 0 aromatic heterocycles. The SMILES string of the molecule is CC/C=C\C/C=C\C/C=C\CCCCCCCCC(=O)OCC(COC(=O)CCCCCCCCCCCCCCCCCCCCC)OC(=O)CCC/C=C\C/C=C\C/C=C\C/C=C\CCCCC. The van der Waals surface area contributed by atoms with Crippen LogP contribution in [0.1, 0.15) is 284 Å². The number of hydrogen-bond donors (Lipinski definition) is 0. The molecule has 402 valence electrons. The Kier molecular flexibility index (Phi) is 55.3. The van der Waals surface area contributed by atoms with E-state index < -0.39 is 6.10 Å². The molecule has 0 aliphatic heterocycles. The van der Waals surface area contributed by atoms with Crippen LogP contribution in [0.4, 0.5) is 0 Å². The number of carbonyl (C=O) groups excluding carboxylic acids is 3. The lowest BCUT2D eigenvalue weighted by molar-refractivity contribution is -0.167. The molecule has 0 N–H and O–H groups in total. The Morgan fingerprint density at radius 2 is 0.571 bits per heavy atom. The average Bonchev–Trinajstić information content (AvgIpc) is 3.36. The van der Waals surface area contributed by atoms with Crippen LogP contribution in [-0.2, 0) is 28.6 Å². The fraction of sp³-hybridized carbons (Fsp3) is 0.734. The van der Waals surface area contributed by atoms with E-state index in [4.69, 9.17) is 14.2 Å². The van der Waals surface area contributed by atoms with Gasteiger partial charge in [-0.05, 0) is 89.9 Å². The van der Waals surface area contributed by atoms with Crippen LogP contribution in [0.3, 0.4) is 0 Å². The zero-order valence-corrected chi connectivity index (χ0v) is 46.0. The van der Waals surface area contributed by atoms with Gasteiger partial charge in [0.2, 0.25) is 0 Å². The monoisotopic (exact) mass is 975 g/mol. The molecule has 1 atom stereocenters. The number of carbonyl (C=O) groups is 3. The predicted octanol–water partition coefficient (Wildman–Crippen LogP) is 19.9. The molecule has 0 aliphatic rings. The van der Waals surface area contributed by atoms with Gasteiger partial charge >= 0.3 is 17.9 Å². The molecule has 0 heterocycles. The molecule has 0 saturated heterocycles. The van der Waals surface area contributed by atoms with E-state index >= 15 is 0 Å². The van der Waals surface area contributed by atoms with E-state index in [0.717, 1.165) is 96.3 Å². The van der Waals surface area contributed by atoms with Crippen molar-refractivity contribution in [2.24, 2.45) is 0 Å². The van der Waals surface area contributed by atoms with Gasteiger partial charge in [-0.3, -0.25) is 14.4 Å². The summed E-state index contributed by atoms with van der Waals surface area (Å²) in [4.78, 5) is 38.2. The summed E-state index contributed by atoms with van der Waals surface area (Å²) < 4.78 is 16.8. The van der Waals surface area contributed by atoms with Crippen LogP contribution < -0.4 is 0 Å². The van der Waals surface area contributed by atoms with Crippen molar-refractivity contribution in [2.75, 3.05) is 13.2 Å². The van der Waals surface area contributed by atoms with Gasteiger partial charge in [0.15, 0.2) is 6.10 Å². The minimum atomic E-state index is -0.810. The van der Waals surface area contributed by atoms with Crippen molar-refractivity contribution in [1.29, 1.82) is 0 Å². The maximum absolute atomic E-state index is 12.8. The first-order chi connectivity index (χ1) is 34.5. The summed E-state index contributed by atoms with van der Waals surface area (Å²) in [7, 11) is 0. The fourth-order valence-corrected chi connectivity index (χ4v) is 8.22. The van der Waals surface area contributed by atoms with Crippen LogP contribution in [0.25, 0.3) is 0 Å². The highest BCUT2D eigenvalue weighted by atomic mass is 16.6. The third kappa shape index (κ3) is 55.5. The second-order valence-corrected chi connectivity index (χ2v) is 19.5. The van der Waals surface area contributed by atoms with Gasteiger partial charge in [0.25, 0.3) is 0 Å². The Balaban J connectivity index is 4.45. The minimum Gasteiger partial charge on any atom is -0.462 e. The highest BCUT2D eigenvalue weighted by Crippen LogP contribution is 2.16. The summed E-state index contributed by atoms with van der Waals surface area (Å²) in [5.74, 6) is -0.962. The van der Waals surface area contributed by atoms with Gasteiger partial charge in [-0.2, -0.15) is 0 Å². The molecule has 70 heavy (non-hydrogen) atoms. The molecule has 0 aromatic rings. The lowest BCUT2D eigenvalue weighted by Gasteiger charge is -2.18. The maximum Gasteiger partial charge on any atom is 0.306 e. The smallest absolute Gasteiger partial charge is 0.306 e. The van der Waals surface area contributed by atoms with E-state index in [0.29, 0.717) is 19.3 Å². The Bertz CT molecular complexity index is 1350. The molecular formula is C64H110O6. The molecule has 0 fully saturated rings. The summed E-state index contributed by atoms with van der Waals surface area (Å²) >= 11 is 0. The van der Waals surface area contributed by atoms with Gasteiger partial charge in [0, 0.05) is 19.3 Å². The lowest BCUT2D eigenvalue weighted by atomic mass is 10.0. The quantitative estimate of drug-likeness (QED) is 0.0261. The molecule has 0 radical (unpaired) electrons. The van der Waals surface area contributed by atoms with Crippen molar-refractivity contribution in [2.45, 2.75) is 290 Å². The van der Waals surface area contributed by atoms with Crippen molar-refractivity contribution in [1.82, 2.24) is 0 Å². The number of hydrogen-bond acceptors (Lipinski definition) is 6. The standard InChI is InChI=1S/C64H110O6/c1-4-7-10-13-16-19-22-25-28-31-32-34-36-39-42-45-48-51-54-57-63(66)69-60-61(59-68-62(65)56-53-50-47-44-41-38-35-30-27-24-21-18-15-12-9-6-3)70-64(67)58-55-52-49-46-43-40-37-33-29-26-23-20-17-14-11-8-5-2/h9,12,17-18,20-21,26-27,29-30,37,40,46,49,61H,4-8,10-11,13-16,19,22-25,28,31-36,38-39,41-45,47-48,50-60H2,1-3H3/b12-9-,20-17-,21-18-,29-26-,30-27-,40-37-,49-46-. The number of allylic oxidation sites excluding steroid dienone is 14.